The van der Waals surface area contributed by atoms with Crippen molar-refractivity contribution in [2.24, 2.45) is 4.99 Å². The molecule has 1 atom stereocenters. The fraction of sp³-hybridized carbons (Fsp3) is 0.176. The smallest absolute Gasteiger partial charge is 0.326 e. The van der Waals surface area contributed by atoms with Crippen LogP contribution in [-0.2, 0) is 0 Å². The van der Waals surface area contributed by atoms with Crippen molar-refractivity contribution in [2.45, 2.75) is 12.3 Å². The molecule has 0 spiro atoms. The van der Waals surface area contributed by atoms with Gasteiger partial charge in [-0.1, -0.05) is 11.6 Å². The minimum atomic E-state index is -4.79. The van der Waals surface area contributed by atoms with Gasteiger partial charge in [0.05, 0.1) is 16.2 Å². The Morgan fingerprint density at radius 2 is 1.80 bits per heavy atom. The Morgan fingerprint density at radius 1 is 1.17 bits per heavy atom. The van der Waals surface area contributed by atoms with Crippen molar-refractivity contribution in [2.75, 3.05) is 6.54 Å². The van der Waals surface area contributed by atoms with Gasteiger partial charge in [-0.15, -0.1) is 0 Å². The molecule has 0 amide bonds. The molecule has 1 aliphatic rings. The number of halogens is 7. The van der Waals surface area contributed by atoms with Gasteiger partial charge in [0.15, 0.2) is 6.17 Å². The highest BCUT2D eigenvalue weighted by molar-refractivity contribution is 6.37. The van der Waals surface area contributed by atoms with E-state index in [1.54, 1.807) is 0 Å². The average Bonchev–Trinajstić information content (AvgIpc) is 2.63. The highest BCUT2D eigenvalue weighted by Gasteiger charge is 2.38. The van der Waals surface area contributed by atoms with Gasteiger partial charge in [0.2, 0.25) is 0 Å². The van der Waals surface area contributed by atoms with Crippen LogP contribution in [0.3, 0.4) is 0 Å². The monoisotopic (exact) mass is 450 g/mol. The van der Waals surface area contributed by atoms with Gasteiger partial charge in [-0.25, -0.2) is 18.2 Å². The summed E-state index contributed by atoms with van der Waals surface area (Å²) in [5.41, 5.74) is -1.92. The van der Waals surface area contributed by atoms with E-state index in [1.165, 1.54) is 0 Å². The van der Waals surface area contributed by atoms with E-state index < -0.39 is 63.2 Å². The number of nitrogens with zero attached hydrogens (tertiary/aromatic N) is 4. The molecule has 1 aromatic carbocycles. The zero-order valence-corrected chi connectivity index (χ0v) is 15.3. The molecule has 3 rings (SSSR count). The topological polar surface area (TPSA) is 71.6 Å². The van der Waals surface area contributed by atoms with Crippen LogP contribution in [-0.4, -0.2) is 33.7 Å². The molecular formula is C17H9ClF6N4O2. The number of hydrogen-bond donors (Lipinski definition) is 0. The van der Waals surface area contributed by atoms with Gasteiger partial charge in [0.1, 0.15) is 35.3 Å². The van der Waals surface area contributed by atoms with Crippen LogP contribution in [0.2, 0.25) is 0 Å². The molecule has 2 aromatic rings. The van der Waals surface area contributed by atoms with E-state index >= 15 is 0 Å². The molecular weight excluding hydrogens is 442 g/mol. The Morgan fingerprint density at radius 3 is 2.30 bits per heavy atom. The first-order valence-electron chi connectivity index (χ1n) is 7.99. The highest BCUT2D eigenvalue weighted by atomic mass is 35.5. The van der Waals surface area contributed by atoms with E-state index in [-0.39, 0.29) is 5.69 Å². The molecule has 0 N–H and O–H groups in total. The van der Waals surface area contributed by atoms with Gasteiger partial charge in [0, 0.05) is 30.0 Å². The van der Waals surface area contributed by atoms with Crippen molar-refractivity contribution >= 4 is 29.1 Å². The molecule has 13 heteroatoms. The molecule has 1 aliphatic heterocycles. The molecule has 1 aromatic heterocycles. The van der Waals surface area contributed by atoms with Crippen LogP contribution in [0.25, 0.3) is 5.57 Å². The highest BCUT2D eigenvalue weighted by Crippen LogP contribution is 2.39. The summed E-state index contributed by atoms with van der Waals surface area (Å²) in [6.45, 7) is -1.67. The Bertz CT molecular complexity index is 1030. The lowest BCUT2D eigenvalue weighted by Gasteiger charge is -2.34. The Kier molecular flexibility index (Phi) is 5.70. The van der Waals surface area contributed by atoms with Crippen molar-refractivity contribution in [1.82, 2.24) is 9.88 Å². The standard InChI is InChI=1S/C17H9ClF6N4O2/c18-15-10(14-11(20)3-8(19)4-12(14)21)6-26-16(27(15)7-17(22,23)24)13-2-1-9(5-25-13)28(29)30/h1-6,16H,7H2. The number of benzene rings is 1. The minimum absolute atomic E-state index is 0.127. The van der Waals surface area contributed by atoms with E-state index in [2.05, 4.69) is 9.98 Å². The molecule has 0 aliphatic carbocycles. The SMILES string of the molecule is O=[N+]([O-])c1ccc(C2N=CC(c3c(F)cc(F)cc3F)=C(Cl)N2CC(F)(F)F)nc1. The summed E-state index contributed by atoms with van der Waals surface area (Å²) in [6.07, 6.45) is -4.61. The lowest BCUT2D eigenvalue weighted by atomic mass is 10.0. The molecule has 0 saturated carbocycles. The number of allylic oxidation sites excluding steroid dienone is 1. The van der Waals surface area contributed by atoms with Gasteiger partial charge < -0.3 is 4.90 Å². The van der Waals surface area contributed by atoms with Crippen molar-refractivity contribution in [3.8, 4) is 0 Å². The lowest BCUT2D eigenvalue weighted by molar-refractivity contribution is -0.385. The van der Waals surface area contributed by atoms with Crippen molar-refractivity contribution < 1.29 is 31.3 Å². The first kappa shape index (κ1) is 21.6. The Balaban J connectivity index is 2.09. The number of rotatable bonds is 4. The third kappa shape index (κ3) is 4.37. The summed E-state index contributed by atoms with van der Waals surface area (Å²) in [4.78, 5) is 18.1. The van der Waals surface area contributed by atoms with Crippen LogP contribution < -0.4 is 0 Å². The molecule has 0 radical (unpaired) electrons. The van der Waals surface area contributed by atoms with Crippen LogP contribution in [0.15, 0.2) is 40.6 Å². The van der Waals surface area contributed by atoms with E-state index in [9.17, 15) is 36.5 Å². The fourth-order valence-electron chi connectivity index (χ4n) is 2.75. The number of aromatic nitrogens is 1. The Hall–Kier alpha value is -3.15. The quantitative estimate of drug-likeness (QED) is 0.286. The molecule has 2 heterocycles. The maximum absolute atomic E-state index is 14.1. The molecule has 0 fully saturated rings. The van der Waals surface area contributed by atoms with Crippen LogP contribution >= 0.6 is 11.6 Å². The summed E-state index contributed by atoms with van der Waals surface area (Å²) in [5, 5.41) is 10.0. The maximum atomic E-state index is 14.1. The predicted molar refractivity (Wildman–Crippen MR) is 94.0 cm³/mol. The van der Waals surface area contributed by atoms with Gasteiger partial charge >= 0.3 is 6.18 Å². The van der Waals surface area contributed by atoms with Gasteiger partial charge in [-0.05, 0) is 6.07 Å². The summed E-state index contributed by atoms with van der Waals surface area (Å²) in [6, 6.07) is 2.79. The molecule has 158 valence electrons. The summed E-state index contributed by atoms with van der Waals surface area (Å²) >= 11 is 6.05. The van der Waals surface area contributed by atoms with Crippen molar-refractivity contribution in [3.63, 3.8) is 0 Å². The van der Waals surface area contributed by atoms with Crippen LogP contribution in [0.5, 0.6) is 0 Å². The third-order valence-electron chi connectivity index (χ3n) is 3.99. The predicted octanol–water partition coefficient (Wildman–Crippen LogP) is 4.96. The summed E-state index contributed by atoms with van der Waals surface area (Å²) < 4.78 is 80.8. The summed E-state index contributed by atoms with van der Waals surface area (Å²) in [7, 11) is 0. The van der Waals surface area contributed by atoms with Gasteiger partial charge in [-0.2, -0.15) is 13.2 Å². The van der Waals surface area contributed by atoms with E-state index in [1.807, 2.05) is 0 Å². The van der Waals surface area contributed by atoms with Crippen LogP contribution in [0.4, 0.5) is 32.0 Å². The van der Waals surface area contributed by atoms with Crippen LogP contribution in [0.1, 0.15) is 17.4 Å². The number of aliphatic imine (C=N–C) groups is 1. The molecule has 0 saturated heterocycles. The largest absolute Gasteiger partial charge is 0.406 e. The summed E-state index contributed by atoms with van der Waals surface area (Å²) in [5.74, 6) is -3.99. The Labute approximate surface area is 169 Å². The fourth-order valence-corrected chi connectivity index (χ4v) is 3.05. The first-order chi connectivity index (χ1) is 14.0. The lowest BCUT2D eigenvalue weighted by Crippen LogP contribution is -2.37. The van der Waals surface area contributed by atoms with Crippen molar-refractivity contribution in [3.05, 3.63) is 74.4 Å². The molecule has 1 unspecified atom stereocenters. The average molecular weight is 451 g/mol. The number of alkyl halides is 3. The maximum Gasteiger partial charge on any atom is 0.406 e. The number of hydrogen-bond acceptors (Lipinski definition) is 5. The minimum Gasteiger partial charge on any atom is -0.326 e. The zero-order valence-electron chi connectivity index (χ0n) is 14.5. The zero-order chi connectivity index (χ0) is 22.2. The van der Waals surface area contributed by atoms with Crippen LogP contribution in [0, 0.1) is 27.6 Å². The van der Waals surface area contributed by atoms with E-state index in [4.69, 9.17) is 11.6 Å². The molecule has 30 heavy (non-hydrogen) atoms. The second-order valence-corrected chi connectivity index (χ2v) is 6.40. The second-order valence-electron chi connectivity index (χ2n) is 6.04. The van der Waals surface area contributed by atoms with E-state index in [0.29, 0.717) is 17.0 Å². The molecule has 0 bridgehead atoms. The molecule has 6 nitrogen and oxygen atoms in total. The normalized spacial score (nSPS) is 16.9. The third-order valence-corrected chi connectivity index (χ3v) is 4.41. The van der Waals surface area contributed by atoms with E-state index in [0.717, 1.165) is 24.5 Å². The first-order valence-corrected chi connectivity index (χ1v) is 8.37. The van der Waals surface area contributed by atoms with Gasteiger partial charge in [0.25, 0.3) is 5.69 Å². The number of pyridine rings is 1. The van der Waals surface area contributed by atoms with Gasteiger partial charge in [-0.3, -0.25) is 15.1 Å². The second kappa shape index (κ2) is 7.94. The number of nitro groups is 1. The van der Waals surface area contributed by atoms with Crippen molar-refractivity contribution in [1.29, 1.82) is 0 Å².